The monoisotopic (exact) mass is 373 g/mol. The summed E-state index contributed by atoms with van der Waals surface area (Å²) < 4.78 is 33.9. The first-order valence-electron chi connectivity index (χ1n) is 9.38. The third-order valence-electron chi connectivity index (χ3n) is 5.45. The van der Waals surface area contributed by atoms with Gasteiger partial charge in [-0.25, -0.2) is 8.78 Å². The Balaban J connectivity index is 1.63. The van der Waals surface area contributed by atoms with Crippen molar-refractivity contribution in [1.29, 1.82) is 0 Å². The van der Waals surface area contributed by atoms with E-state index >= 15 is 0 Å². The summed E-state index contributed by atoms with van der Waals surface area (Å²) in [6, 6.07) is 11.6. The number of carbonyl (C=O) groups excluding carboxylic acids is 1. The zero-order valence-electron chi connectivity index (χ0n) is 15.6. The highest BCUT2D eigenvalue weighted by atomic mass is 19.1. The summed E-state index contributed by atoms with van der Waals surface area (Å²) in [5.74, 6) is -0.404. The van der Waals surface area contributed by atoms with Gasteiger partial charge in [0.15, 0.2) is 0 Å². The molecule has 1 N–H and O–H groups in total. The lowest BCUT2D eigenvalue weighted by Gasteiger charge is -2.30. The summed E-state index contributed by atoms with van der Waals surface area (Å²) in [5, 5.41) is 2.91. The maximum Gasteiger partial charge on any atom is 0.220 e. The van der Waals surface area contributed by atoms with Crippen LogP contribution < -0.4 is 10.1 Å². The maximum absolute atomic E-state index is 14.3. The number of halogens is 2. The van der Waals surface area contributed by atoms with Crippen LogP contribution in [0.25, 0.3) is 0 Å². The van der Waals surface area contributed by atoms with Crippen LogP contribution in [0.1, 0.15) is 43.2 Å². The Morgan fingerprint density at radius 3 is 2.44 bits per heavy atom. The lowest BCUT2D eigenvalue weighted by atomic mass is 9.78. The molecule has 0 heterocycles. The maximum atomic E-state index is 14.3. The van der Waals surface area contributed by atoms with E-state index in [2.05, 4.69) is 5.32 Å². The highest BCUT2D eigenvalue weighted by Gasteiger charge is 2.40. The second-order valence-electron chi connectivity index (χ2n) is 7.21. The highest BCUT2D eigenvalue weighted by molar-refractivity contribution is 5.76. The summed E-state index contributed by atoms with van der Waals surface area (Å²) in [7, 11) is 1.61. The number of amides is 1. The average molecular weight is 373 g/mol. The van der Waals surface area contributed by atoms with Crippen molar-refractivity contribution in [2.24, 2.45) is 0 Å². The van der Waals surface area contributed by atoms with Gasteiger partial charge >= 0.3 is 0 Å². The number of nitrogens with one attached hydrogen (secondary N) is 1. The molecule has 1 amide bonds. The van der Waals surface area contributed by atoms with Crippen molar-refractivity contribution in [2.45, 2.75) is 43.9 Å². The van der Waals surface area contributed by atoms with Gasteiger partial charge in [0.2, 0.25) is 5.91 Å². The molecule has 1 fully saturated rings. The number of carbonyl (C=O) groups is 1. The van der Waals surface area contributed by atoms with Crippen LogP contribution in [0.5, 0.6) is 5.75 Å². The van der Waals surface area contributed by atoms with Crippen molar-refractivity contribution in [2.75, 3.05) is 13.7 Å². The van der Waals surface area contributed by atoms with E-state index in [1.54, 1.807) is 7.11 Å². The fourth-order valence-electron chi connectivity index (χ4n) is 4.01. The molecule has 0 spiro atoms. The van der Waals surface area contributed by atoms with E-state index in [0.717, 1.165) is 24.2 Å². The molecule has 1 aliphatic carbocycles. The number of rotatable bonds is 7. The van der Waals surface area contributed by atoms with Gasteiger partial charge in [0.25, 0.3) is 0 Å². The highest BCUT2D eigenvalue weighted by Crippen LogP contribution is 2.42. The van der Waals surface area contributed by atoms with E-state index in [4.69, 9.17) is 4.74 Å². The molecular weight excluding hydrogens is 348 g/mol. The molecule has 5 heteroatoms. The van der Waals surface area contributed by atoms with Gasteiger partial charge in [-0.15, -0.1) is 0 Å². The minimum absolute atomic E-state index is 0.110. The lowest BCUT2D eigenvalue weighted by Crippen LogP contribution is -2.40. The quantitative estimate of drug-likeness (QED) is 0.774. The molecule has 2 aromatic rings. The second-order valence-corrected chi connectivity index (χ2v) is 7.21. The van der Waals surface area contributed by atoms with Crippen molar-refractivity contribution in [3.8, 4) is 5.75 Å². The van der Waals surface area contributed by atoms with Crippen LogP contribution in [0.4, 0.5) is 8.78 Å². The summed E-state index contributed by atoms with van der Waals surface area (Å²) in [6.07, 6.45) is 4.09. The van der Waals surface area contributed by atoms with Crippen LogP contribution in [0.15, 0.2) is 42.5 Å². The molecule has 0 bridgehead atoms. The van der Waals surface area contributed by atoms with E-state index in [-0.39, 0.29) is 18.0 Å². The topological polar surface area (TPSA) is 38.3 Å². The molecule has 0 aliphatic heterocycles. The van der Waals surface area contributed by atoms with Gasteiger partial charge in [-0.05, 0) is 49.1 Å². The first-order valence-corrected chi connectivity index (χ1v) is 9.38. The minimum Gasteiger partial charge on any atom is -0.497 e. The van der Waals surface area contributed by atoms with Crippen molar-refractivity contribution in [1.82, 2.24) is 5.32 Å². The summed E-state index contributed by atoms with van der Waals surface area (Å²) in [6.45, 7) is 0.266. The third-order valence-corrected chi connectivity index (χ3v) is 5.45. The summed E-state index contributed by atoms with van der Waals surface area (Å²) in [4.78, 5) is 12.3. The number of benzene rings is 2. The fraction of sp³-hybridized carbons (Fsp3) is 0.409. The zero-order chi connectivity index (χ0) is 19.3. The molecule has 2 aromatic carbocycles. The molecule has 1 aliphatic rings. The second kappa shape index (κ2) is 8.51. The molecule has 3 nitrogen and oxygen atoms in total. The fourth-order valence-corrected chi connectivity index (χ4v) is 4.01. The molecule has 0 radical (unpaired) electrons. The Morgan fingerprint density at radius 2 is 1.78 bits per heavy atom. The lowest BCUT2D eigenvalue weighted by molar-refractivity contribution is -0.121. The van der Waals surface area contributed by atoms with Crippen LogP contribution in [-0.2, 0) is 16.6 Å². The van der Waals surface area contributed by atoms with Crippen LogP contribution in [-0.4, -0.2) is 19.6 Å². The standard InChI is InChI=1S/C22H25F2NO2/c1-27-17-7-4-6-16(14-17)10-11-20(26)25-15-22(12-2-3-13-22)21-18(23)8-5-9-19(21)24/h4-9,14H,2-3,10-13,15H2,1H3,(H,25,26). The summed E-state index contributed by atoms with van der Waals surface area (Å²) >= 11 is 0. The van der Waals surface area contributed by atoms with E-state index in [1.807, 2.05) is 24.3 Å². The van der Waals surface area contributed by atoms with Crippen molar-refractivity contribution >= 4 is 5.91 Å². The van der Waals surface area contributed by atoms with Crippen molar-refractivity contribution < 1.29 is 18.3 Å². The molecule has 1 saturated carbocycles. The molecule has 144 valence electrons. The first kappa shape index (κ1) is 19.3. The third kappa shape index (κ3) is 4.46. The zero-order valence-corrected chi connectivity index (χ0v) is 15.6. The van der Waals surface area contributed by atoms with E-state index < -0.39 is 17.0 Å². The molecule has 0 unspecified atom stereocenters. The molecular formula is C22H25F2NO2. The number of ether oxygens (including phenoxy) is 1. The molecule has 0 aromatic heterocycles. The largest absolute Gasteiger partial charge is 0.497 e. The Labute approximate surface area is 158 Å². The molecule has 0 atom stereocenters. The summed E-state index contributed by atoms with van der Waals surface area (Å²) in [5.41, 5.74) is 0.483. The number of hydrogen-bond acceptors (Lipinski definition) is 2. The van der Waals surface area contributed by atoms with Crippen molar-refractivity contribution in [3.05, 3.63) is 65.2 Å². The van der Waals surface area contributed by atoms with Crippen LogP contribution in [0.2, 0.25) is 0 Å². The normalized spacial score (nSPS) is 15.5. The molecule has 3 rings (SSSR count). The number of aryl methyl sites for hydroxylation is 1. The predicted octanol–water partition coefficient (Wildman–Crippen LogP) is 4.53. The predicted molar refractivity (Wildman–Crippen MR) is 101 cm³/mol. The van der Waals surface area contributed by atoms with Gasteiger partial charge in [0, 0.05) is 23.9 Å². The van der Waals surface area contributed by atoms with Crippen LogP contribution >= 0.6 is 0 Å². The minimum atomic E-state index is -0.652. The number of methoxy groups -OCH3 is 1. The van der Waals surface area contributed by atoms with E-state index in [1.165, 1.54) is 18.2 Å². The van der Waals surface area contributed by atoms with Gasteiger partial charge in [-0.3, -0.25) is 4.79 Å². The Hall–Kier alpha value is -2.43. The van der Waals surface area contributed by atoms with Gasteiger partial charge in [-0.1, -0.05) is 31.0 Å². The Bertz CT molecular complexity index is 780. The first-order chi connectivity index (χ1) is 13.0. The molecule has 0 saturated heterocycles. The van der Waals surface area contributed by atoms with E-state index in [0.29, 0.717) is 25.7 Å². The van der Waals surface area contributed by atoms with Crippen LogP contribution in [0, 0.1) is 11.6 Å². The SMILES string of the molecule is COc1cccc(CCC(=O)NCC2(c3c(F)cccc3F)CCCC2)c1. The number of hydrogen-bond donors (Lipinski definition) is 1. The molecule has 27 heavy (non-hydrogen) atoms. The average Bonchev–Trinajstić information content (AvgIpc) is 3.14. The van der Waals surface area contributed by atoms with Crippen molar-refractivity contribution in [3.63, 3.8) is 0 Å². The van der Waals surface area contributed by atoms with Crippen LogP contribution in [0.3, 0.4) is 0 Å². The van der Waals surface area contributed by atoms with Gasteiger partial charge in [-0.2, -0.15) is 0 Å². The Kier molecular flexibility index (Phi) is 6.09. The van der Waals surface area contributed by atoms with Gasteiger partial charge in [0.1, 0.15) is 17.4 Å². The van der Waals surface area contributed by atoms with E-state index in [9.17, 15) is 13.6 Å². The van der Waals surface area contributed by atoms with Gasteiger partial charge < -0.3 is 10.1 Å². The smallest absolute Gasteiger partial charge is 0.220 e. The van der Waals surface area contributed by atoms with Gasteiger partial charge in [0.05, 0.1) is 7.11 Å². The Morgan fingerprint density at radius 1 is 1.11 bits per heavy atom.